The lowest BCUT2D eigenvalue weighted by Crippen LogP contribution is -2.43. The number of ether oxygens (including phenoxy) is 1. The van der Waals surface area contributed by atoms with E-state index in [1.165, 1.54) is 11.8 Å². The van der Waals surface area contributed by atoms with Gasteiger partial charge in [-0.2, -0.15) is 0 Å². The van der Waals surface area contributed by atoms with Crippen molar-refractivity contribution in [3.63, 3.8) is 0 Å². The molecule has 0 radical (unpaired) electrons. The maximum Gasteiger partial charge on any atom is 0.325 e. The van der Waals surface area contributed by atoms with Crippen LogP contribution in [0.15, 0.2) is 40.1 Å². The van der Waals surface area contributed by atoms with Crippen molar-refractivity contribution < 1.29 is 9.53 Å². The average Bonchev–Trinajstić information content (AvgIpc) is 2.72. The molecule has 2 N–H and O–H groups in total. The molecule has 8 nitrogen and oxygen atoms in total. The van der Waals surface area contributed by atoms with Crippen LogP contribution in [0.2, 0.25) is 0 Å². The number of H-pyrrole nitrogens is 2. The Kier molecular flexibility index (Phi) is 6.87. The molecule has 1 aliphatic heterocycles. The summed E-state index contributed by atoms with van der Waals surface area (Å²) in [5.74, 6) is 0.842. The first-order valence-corrected chi connectivity index (χ1v) is 9.89. The van der Waals surface area contributed by atoms with Gasteiger partial charge in [0.1, 0.15) is 11.3 Å². The fourth-order valence-electron chi connectivity index (χ4n) is 3.83. The van der Waals surface area contributed by atoms with Crippen LogP contribution in [0.4, 0.5) is 0 Å². The third kappa shape index (κ3) is 5.57. The third-order valence-corrected chi connectivity index (χ3v) is 5.41. The molecule has 0 aliphatic carbocycles. The minimum absolute atomic E-state index is 0.0423. The molecular formula is C21H28N4O4. The first kappa shape index (κ1) is 20.9. The standard InChI is InChI=1S/C21H28N4O4/c1-24(20(27)18-12-22-21(28)23-19(18)26)13-16-4-3-10-25(14-16)11-9-15-5-7-17(29-2)8-6-15/h5-8,12,16H,3-4,9-11,13-14H2,1-2H3,(H2,22,23,26,28). The van der Waals surface area contributed by atoms with Gasteiger partial charge in [0, 0.05) is 32.9 Å². The molecule has 1 aliphatic rings. The minimum atomic E-state index is -0.657. The molecule has 1 amide bonds. The topological polar surface area (TPSA) is 98.5 Å². The Morgan fingerprint density at radius 1 is 1.28 bits per heavy atom. The Bertz CT molecular complexity index is 935. The lowest BCUT2D eigenvalue weighted by Gasteiger charge is -2.34. The van der Waals surface area contributed by atoms with Gasteiger partial charge in [0.25, 0.3) is 11.5 Å². The highest BCUT2D eigenvalue weighted by Crippen LogP contribution is 2.19. The summed E-state index contributed by atoms with van der Waals surface area (Å²) >= 11 is 0. The number of rotatable bonds is 7. The van der Waals surface area contributed by atoms with Crippen molar-refractivity contribution in [3.05, 3.63) is 62.4 Å². The number of likely N-dealkylation sites (tertiary alicyclic amines) is 1. The first-order valence-electron chi connectivity index (χ1n) is 9.89. The molecule has 3 rings (SSSR count). The summed E-state index contributed by atoms with van der Waals surface area (Å²) < 4.78 is 5.20. The highest BCUT2D eigenvalue weighted by atomic mass is 16.5. The maximum atomic E-state index is 12.6. The number of aromatic nitrogens is 2. The van der Waals surface area contributed by atoms with Crippen molar-refractivity contribution in [2.75, 3.05) is 40.3 Å². The zero-order valence-corrected chi connectivity index (χ0v) is 16.9. The van der Waals surface area contributed by atoms with E-state index in [0.717, 1.165) is 44.6 Å². The van der Waals surface area contributed by atoms with Gasteiger partial charge in [-0.05, 0) is 49.4 Å². The number of nitrogens with zero attached hydrogens (tertiary/aromatic N) is 2. The molecule has 1 saturated heterocycles. The summed E-state index contributed by atoms with van der Waals surface area (Å²) in [4.78, 5) is 44.0. The van der Waals surface area contributed by atoms with E-state index in [1.54, 1.807) is 19.1 Å². The molecule has 0 saturated carbocycles. The number of hydrogen-bond acceptors (Lipinski definition) is 5. The number of carbonyl (C=O) groups is 1. The van der Waals surface area contributed by atoms with Crippen molar-refractivity contribution in [2.45, 2.75) is 19.3 Å². The van der Waals surface area contributed by atoms with Gasteiger partial charge in [-0.15, -0.1) is 0 Å². The van der Waals surface area contributed by atoms with Crippen molar-refractivity contribution in [3.8, 4) is 5.75 Å². The zero-order valence-electron chi connectivity index (χ0n) is 16.9. The monoisotopic (exact) mass is 400 g/mol. The van der Waals surface area contributed by atoms with Gasteiger partial charge >= 0.3 is 5.69 Å². The van der Waals surface area contributed by atoms with Crippen molar-refractivity contribution in [1.82, 2.24) is 19.8 Å². The van der Waals surface area contributed by atoms with Crippen LogP contribution in [0.1, 0.15) is 28.8 Å². The molecule has 2 aromatic rings. The molecule has 29 heavy (non-hydrogen) atoms. The van der Waals surface area contributed by atoms with Crippen molar-refractivity contribution in [1.29, 1.82) is 0 Å². The summed E-state index contributed by atoms with van der Waals surface area (Å²) in [6.45, 7) is 3.54. The van der Waals surface area contributed by atoms with Crippen LogP contribution < -0.4 is 16.0 Å². The largest absolute Gasteiger partial charge is 0.497 e. The van der Waals surface area contributed by atoms with E-state index in [9.17, 15) is 14.4 Å². The quantitative estimate of drug-likeness (QED) is 0.725. The molecule has 1 aromatic carbocycles. The average molecular weight is 400 g/mol. The molecule has 0 spiro atoms. The number of benzene rings is 1. The van der Waals surface area contributed by atoms with E-state index in [2.05, 4.69) is 27.0 Å². The van der Waals surface area contributed by atoms with E-state index in [0.29, 0.717) is 12.5 Å². The van der Waals surface area contributed by atoms with Crippen molar-refractivity contribution >= 4 is 5.91 Å². The minimum Gasteiger partial charge on any atom is -0.497 e. The van der Waals surface area contributed by atoms with E-state index < -0.39 is 11.2 Å². The summed E-state index contributed by atoms with van der Waals surface area (Å²) in [7, 11) is 3.36. The molecular weight excluding hydrogens is 372 g/mol. The van der Waals surface area contributed by atoms with Crippen LogP contribution >= 0.6 is 0 Å². The molecule has 156 valence electrons. The molecule has 2 heterocycles. The number of nitrogens with one attached hydrogen (secondary N) is 2. The van der Waals surface area contributed by atoms with Gasteiger partial charge in [0.15, 0.2) is 0 Å². The second-order valence-electron chi connectivity index (χ2n) is 7.58. The number of carbonyl (C=O) groups excluding carboxylic acids is 1. The summed E-state index contributed by atoms with van der Waals surface area (Å²) in [5.41, 5.74) is -0.0406. The summed E-state index contributed by atoms with van der Waals surface area (Å²) in [6, 6.07) is 8.14. The molecule has 8 heteroatoms. The van der Waals surface area contributed by atoms with Crippen LogP contribution in [0.25, 0.3) is 0 Å². The zero-order chi connectivity index (χ0) is 20.8. The Morgan fingerprint density at radius 3 is 2.72 bits per heavy atom. The van der Waals surface area contributed by atoms with E-state index in [-0.39, 0.29) is 11.5 Å². The van der Waals surface area contributed by atoms with Gasteiger partial charge in [-0.25, -0.2) is 4.79 Å². The van der Waals surface area contributed by atoms with Crippen LogP contribution in [0, 0.1) is 5.92 Å². The van der Waals surface area contributed by atoms with Crippen LogP contribution in [-0.2, 0) is 6.42 Å². The van der Waals surface area contributed by atoms with Crippen LogP contribution in [-0.4, -0.2) is 66.0 Å². The highest BCUT2D eigenvalue weighted by Gasteiger charge is 2.24. The predicted molar refractivity (Wildman–Crippen MR) is 111 cm³/mol. The number of piperidine rings is 1. The number of amides is 1. The van der Waals surface area contributed by atoms with E-state index in [4.69, 9.17) is 4.74 Å². The van der Waals surface area contributed by atoms with Crippen LogP contribution in [0.5, 0.6) is 5.75 Å². The number of aromatic amines is 2. The highest BCUT2D eigenvalue weighted by molar-refractivity contribution is 5.93. The normalized spacial score (nSPS) is 17.1. The van der Waals surface area contributed by atoms with E-state index >= 15 is 0 Å². The second kappa shape index (κ2) is 9.56. The summed E-state index contributed by atoms with van der Waals surface area (Å²) in [6.07, 6.45) is 4.30. The summed E-state index contributed by atoms with van der Waals surface area (Å²) in [5, 5.41) is 0. The Labute approximate surface area is 169 Å². The van der Waals surface area contributed by atoms with Gasteiger partial charge in [0.05, 0.1) is 7.11 Å². The lowest BCUT2D eigenvalue weighted by atomic mass is 9.97. The third-order valence-electron chi connectivity index (χ3n) is 5.41. The maximum absolute atomic E-state index is 12.6. The van der Waals surface area contributed by atoms with Crippen LogP contribution in [0.3, 0.4) is 0 Å². The molecule has 1 atom stereocenters. The molecule has 0 bridgehead atoms. The first-order chi connectivity index (χ1) is 14.0. The fraction of sp³-hybridized carbons (Fsp3) is 0.476. The second-order valence-corrected chi connectivity index (χ2v) is 7.58. The number of methoxy groups -OCH3 is 1. The Balaban J connectivity index is 1.52. The SMILES string of the molecule is COc1ccc(CCN2CCCC(CN(C)C(=O)c3c[nH]c(=O)[nH]c3=O)C2)cc1. The van der Waals surface area contributed by atoms with E-state index in [1.807, 2.05) is 12.1 Å². The molecule has 1 unspecified atom stereocenters. The molecule has 1 aromatic heterocycles. The Morgan fingerprint density at radius 2 is 2.03 bits per heavy atom. The van der Waals surface area contributed by atoms with Crippen molar-refractivity contribution in [2.24, 2.45) is 5.92 Å². The predicted octanol–water partition coefficient (Wildman–Crippen LogP) is 1.10. The fourth-order valence-corrected chi connectivity index (χ4v) is 3.83. The smallest absolute Gasteiger partial charge is 0.325 e. The van der Waals surface area contributed by atoms with Gasteiger partial charge in [-0.1, -0.05) is 12.1 Å². The Hall–Kier alpha value is -2.87. The lowest BCUT2D eigenvalue weighted by molar-refractivity contribution is 0.0728. The number of hydrogen-bond donors (Lipinski definition) is 2. The van der Waals surface area contributed by atoms with Gasteiger partial charge in [-0.3, -0.25) is 14.6 Å². The van der Waals surface area contributed by atoms with Gasteiger partial charge < -0.3 is 19.5 Å². The molecule has 1 fully saturated rings. The van der Waals surface area contributed by atoms with Gasteiger partial charge in [0.2, 0.25) is 0 Å².